The third kappa shape index (κ3) is 1.98. The van der Waals surface area contributed by atoms with Crippen molar-refractivity contribution in [3.8, 4) is 11.1 Å². The van der Waals surface area contributed by atoms with Gasteiger partial charge < -0.3 is 5.73 Å². The monoisotopic (exact) mass is 231 g/mol. The zero-order valence-corrected chi connectivity index (χ0v) is 10.8. The molecule has 0 aliphatic rings. The van der Waals surface area contributed by atoms with Crippen LogP contribution in [0.2, 0.25) is 0 Å². The zero-order valence-electron chi connectivity index (χ0n) is 10.0. The number of benzene rings is 1. The molecule has 2 rings (SSSR count). The van der Waals surface area contributed by atoms with E-state index in [-0.39, 0.29) is 0 Å². The molecule has 1 nitrogen and oxygen atoms in total. The van der Waals surface area contributed by atoms with Crippen molar-refractivity contribution in [1.82, 2.24) is 0 Å². The Bertz CT molecular complexity index is 511. The van der Waals surface area contributed by atoms with Crippen LogP contribution in [0.3, 0.4) is 0 Å². The molecule has 84 valence electrons. The molecule has 0 saturated heterocycles. The molecule has 2 N–H and O–H groups in total. The number of rotatable bonds is 2. The first kappa shape index (κ1) is 11.2. The Morgan fingerprint density at radius 3 is 2.44 bits per heavy atom. The number of hydrogen-bond donors (Lipinski definition) is 1. The number of thiophene rings is 1. The fourth-order valence-corrected chi connectivity index (χ4v) is 2.84. The Morgan fingerprint density at radius 2 is 1.88 bits per heavy atom. The van der Waals surface area contributed by atoms with Crippen molar-refractivity contribution in [3.05, 3.63) is 40.3 Å². The van der Waals surface area contributed by atoms with Crippen LogP contribution in [0, 0.1) is 13.8 Å². The molecule has 0 radical (unpaired) electrons. The van der Waals surface area contributed by atoms with Crippen molar-refractivity contribution >= 4 is 16.3 Å². The van der Waals surface area contributed by atoms with Gasteiger partial charge in [0.05, 0.1) is 5.00 Å². The Morgan fingerprint density at radius 1 is 1.12 bits per heavy atom. The number of nitrogens with two attached hydrogens (primary N) is 1. The summed E-state index contributed by atoms with van der Waals surface area (Å²) < 4.78 is 0. The lowest BCUT2D eigenvalue weighted by Gasteiger charge is -2.05. The number of aryl methyl sites for hydroxylation is 3. The number of hydrogen-bond acceptors (Lipinski definition) is 2. The summed E-state index contributed by atoms with van der Waals surface area (Å²) in [5.41, 5.74) is 11.1. The Balaban J connectivity index is 2.53. The molecule has 0 fully saturated rings. The fraction of sp³-hybridized carbons (Fsp3) is 0.286. The molecular formula is C14H17NS. The van der Waals surface area contributed by atoms with Crippen LogP contribution in [0.5, 0.6) is 0 Å². The lowest BCUT2D eigenvalue weighted by atomic mass is 10.00. The van der Waals surface area contributed by atoms with E-state index in [1.54, 1.807) is 11.3 Å². The van der Waals surface area contributed by atoms with Crippen molar-refractivity contribution in [2.24, 2.45) is 0 Å². The van der Waals surface area contributed by atoms with E-state index in [4.69, 9.17) is 5.73 Å². The van der Waals surface area contributed by atoms with Crippen molar-refractivity contribution in [1.29, 1.82) is 0 Å². The summed E-state index contributed by atoms with van der Waals surface area (Å²) in [5, 5.41) is 0.934. The van der Waals surface area contributed by atoms with Crippen LogP contribution < -0.4 is 5.73 Å². The van der Waals surface area contributed by atoms with E-state index < -0.39 is 0 Å². The maximum atomic E-state index is 6.07. The second-order valence-electron chi connectivity index (χ2n) is 4.16. The molecule has 1 heterocycles. The van der Waals surface area contributed by atoms with E-state index >= 15 is 0 Å². The minimum Gasteiger partial charge on any atom is -0.390 e. The van der Waals surface area contributed by atoms with E-state index in [0.29, 0.717) is 0 Å². The van der Waals surface area contributed by atoms with Gasteiger partial charge in [-0.2, -0.15) is 0 Å². The van der Waals surface area contributed by atoms with Crippen LogP contribution >= 0.6 is 11.3 Å². The fourth-order valence-electron chi connectivity index (χ4n) is 1.96. The SMILES string of the molecule is CCc1cc(-c2ccc(C)cc2C)c(N)s1. The Kier molecular flexibility index (Phi) is 3.01. The highest BCUT2D eigenvalue weighted by molar-refractivity contribution is 7.16. The molecule has 0 aliphatic heterocycles. The first-order valence-corrected chi connectivity index (χ1v) is 6.39. The third-order valence-corrected chi connectivity index (χ3v) is 3.94. The average molecular weight is 231 g/mol. The van der Waals surface area contributed by atoms with Gasteiger partial charge in [-0.05, 0) is 37.5 Å². The maximum Gasteiger partial charge on any atom is 0.0939 e. The molecule has 0 atom stereocenters. The second kappa shape index (κ2) is 4.30. The highest BCUT2D eigenvalue weighted by Crippen LogP contribution is 2.35. The molecular weight excluding hydrogens is 214 g/mol. The van der Waals surface area contributed by atoms with Crippen molar-refractivity contribution in [2.75, 3.05) is 5.73 Å². The van der Waals surface area contributed by atoms with Crippen LogP contribution in [0.4, 0.5) is 5.00 Å². The van der Waals surface area contributed by atoms with Crippen LogP contribution in [-0.2, 0) is 6.42 Å². The first-order chi connectivity index (χ1) is 7.61. The maximum absolute atomic E-state index is 6.07. The molecule has 0 saturated carbocycles. The number of anilines is 1. The van der Waals surface area contributed by atoms with Crippen molar-refractivity contribution < 1.29 is 0 Å². The van der Waals surface area contributed by atoms with Crippen LogP contribution in [0.1, 0.15) is 22.9 Å². The summed E-state index contributed by atoms with van der Waals surface area (Å²) in [7, 11) is 0. The van der Waals surface area contributed by atoms with Gasteiger partial charge in [0.2, 0.25) is 0 Å². The minimum atomic E-state index is 0.934. The lowest BCUT2D eigenvalue weighted by molar-refractivity contribution is 1.19. The topological polar surface area (TPSA) is 26.0 Å². The highest BCUT2D eigenvalue weighted by atomic mass is 32.1. The van der Waals surface area contributed by atoms with E-state index in [9.17, 15) is 0 Å². The van der Waals surface area contributed by atoms with E-state index in [1.165, 1.54) is 27.1 Å². The molecule has 0 bridgehead atoms. The first-order valence-electron chi connectivity index (χ1n) is 5.57. The van der Waals surface area contributed by atoms with Gasteiger partial charge in [0.1, 0.15) is 0 Å². The van der Waals surface area contributed by atoms with Gasteiger partial charge in [-0.3, -0.25) is 0 Å². The average Bonchev–Trinajstić information content (AvgIpc) is 2.60. The van der Waals surface area contributed by atoms with Gasteiger partial charge in [-0.1, -0.05) is 30.7 Å². The van der Waals surface area contributed by atoms with Gasteiger partial charge in [-0.15, -0.1) is 11.3 Å². The van der Waals surface area contributed by atoms with E-state index in [2.05, 4.69) is 45.0 Å². The predicted molar refractivity (Wildman–Crippen MR) is 73.0 cm³/mol. The molecule has 2 aromatic rings. The van der Waals surface area contributed by atoms with Crippen LogP contribution in [0.25, 0.3) is 11.1 Å². The summed E-state index contributed by atoms with van der Waals surface area (Å²) in [6.07, 6.45) is 1.06. The third-order valence-electron chi connectivity index (χ3n) is 2.83. The van der Waals surface area contributed by atoms with Gasteiger partial charge in [-0.25, -0.2) is 0 Å². The largest absolute Gasteiger partial charge is 0.390 e. The summed E-state index contributed by atoms with van der Waals surface area (Å²) in [6.45, 7) is 6.42. The molecule has 1 aromatic carbocycles. The van der Waals surface area contributed by atoms with Crippen LogP contribution in [0.15, 0.2) is 24.3 Å². The normalized spacial score (nSPS) is 10.7. The van der Waals surface area contributed by atoms with Gasteiger partial charge >= 0.3 is 0 Å². The Hall–Kier alpha value is -1.28. The molecule has 0 aliphatic carbocycles. The van der Waals surface area contributed by atoms with E-state index in [1.807, 2.05) is 0 Å². The van der Waals surface area contributed by atoms with Crippen molar-refractivity contribution in [2.45, 2.75) is 27.2 Å². The van der Waals surface area contributed by atoms with Gasteiger partial charge in [0.25, 0.3) is 0 Å². The quantitative estimate of drug-likeness (QED) is 0.824. The molecule has 0 unspecified atom stereocenters. The predicted octanol–water partition coefficient (Wildman–Crippen LogP) is 4.18. The lowest BCUT2D eigenvalue weighted by Crippen LogP contribution is -1.87. The molecule has 0 amide bonds. The summed E-state index contributed by atoms with van der Waals surface area (Å²) in [5.74, 6) is 0. The van der Waals surface area contributed by atoms with Gasteiger partial charge in [0, 0.05) is 10.4 Å². The molecule has 0 spiro atoms. The molecule has 1 aromatic heterocycles. The summed E-state index contributed by atoms with van der Waals surface area (Å²) >= 11 is 1.70. The summed E-state index contributed by atoms with van der Waals surface area (Å²) in [6, 6.07) is 8.74. The summed E-state index contributed by atoms with van der Waals surface area (Å²) in [4.78, 5) is 1.35. The smallest absolute Gasteiger partial charge is 0.0939 e. The van der Waals surface area contributed by atoms with E-state index in [0.717, 1.165) is 11.4 Å². The van der Waals surface area contributed by atoms with Crippen molar-refractivity contribution in [3.63, 3.8) is 0 Å². The van der Waals surface area contributed by atoms with Gasteiger partial charge in [0.15, 0.2) is 0 Å². The van der Waals surface area contributed by atoms with Crippen LogP contribution in [-0.4, -0.2) is 0 Å². The zero-order chi connectivity index (χ0) is 11.7. The Labute approximate surface area is 101 Å². The molecule has 16 heavy (non-hydrogen) atoms. The highest BCUT2D eigenvalue weighted by Gasteiger charge is 2.09. The second-order valence-corrected chi connectivity index (χ2v) is 5.33. The number of nitrogen functional groups attached to an aromatic ring is 1. The minimum absolute atomic E-state index is 0.934. The standard InChI is InChI=1S/C14H17NS/c1-4-11-8-13(14(15)16-11)12-6-5-9(2)7-10(12)3/h5-8H,4,15H2,1-3H3. The molecule has 2 heteroatoms.